The molecule has 1 aliphatic carbocycles. The molecule has 1 aliphatic heterocycles. The van der Waals surface area contributed by atoms with Gasteiger partial charge in [0.2, 0.25) is 0 Å². The van der Waals surface area contributed by atoms with Gasteiger partial charge in [-0.2, -0.15) is 0 Å². The lowest BCUT2D eigenvalue weighted by Crippen LogP contribution is -2.46. The second-order valence-electron chi connectivity index (χ2n) is 8.65. The van der Waals surface area contributed by atoms with Gasteiger partial charge in [0.15, 0.2) is 5.96 Å². The van der Waals surface area contributed by atoms with Gasteiger partial charge < -0.3 is 25.4 Å². The number of aliphatic hydroxyl groups excluding tert-OH is 1. The monoisotopic (exact) mass is 420 g/mol. The zero-order valence-electron chi connectivity index (χ0n) is 18.4. The molecule has 0 unspecified atom stereocenters. The quantitative estimate of drug-likeness (QED) is 0.423. The third-order valence-electron chi connectivity index (χ3n) is 6.46. The van der Waals surface area contributed by atoms with Gasteiger partial charge >= 0.3 is 0 Å². The van der Waals surface area contributed by atoms with Crippen LogP contribution in [0.25, 0.3) is 0 Å². The second-order valence-corrected chi connectivity index (χ2v) is 8.65. The minimum atomic E-state index is -0.261. The molecule has 3 N–H and O–H groups in total. The molecular weight excluding hydrogens is 383 g/mol. The Morgan fingerprint density at radius 3 is 2.67 bits per heavy atom. The van der Waals surface area contributed by atoms with Crippen LogP contribution in [0.3, 0.4) is 0 Å². The van der Waals surface area contributed by atoms with Crippen LogP contribution < -0.4 is 15.5 Å². The number of halogens is 1. The lowest BCUT2D eigenvalue weighted by atomic mass is 9.67. The highest BCUT2D eigenvalue weighted by molar-refractivity contribution is 5.79. The molecule has 1 saturated heterocycles. The van der Waals surface area contributed by atoms with E-state index in [1.165, 1.54) is 19.3 Å². The van der Waals surface area contributed by atoms with E-state index >= 15 is 0 Å². The SMILES string of the molecule is CCNC(=NCc1ccc(N2CCC(O)CC2)c(F)c1)NCC1(CCOC)CCC1. The minimum Gasteiger partial charge on any atom is -0.393 e. The Labute approximate surface area is 179 Å². The summed E-state index contributed by atoms with van der Waals surface area (Å²) in [4.78, 5) is 6.68. The fourth-order valence-corrected chi connectivity index (χ4v) is 4.31. The number of hydrogen-bond acceptors (Lipinski definition) is 4. The second kappa shape index (κ2) is 11.0. The van der Waals surface area contributed by atoms with E-state index in [0.29, 0.717) is 43.6 Å². The molecule has 0 atom stereocenters. The summed E-state index contributed by atoms with van der Waals surface area (Å²) >= 11 is 0. The van der Waals surface area contributed by atoms with E-state index in [0.717, 1.165) is 37.6 Å². The maximum atomic E-state index is 14.7. The van der Waals surface area contributed by atoms with Crippen LogP contribution in [-0.2, 0) is 11.3 Å². The maximum Gasteiger partial charge on any atom is 0.191 e. The predicted molar refractivity (Wildman–Crippen MR) is 119 cm³/mol. The number of anilines is 1. The van der Waals surface area contributed by atoms with Crippen molar-refractivity contribution in [2.24, 2.45) is 10.4 Å². The van der Waals surface area contributed by atoms with Crippen molar-refractivity contribution < 1.29 is 14.2 Å². The zero-order valence-corrected chi connectivity index (χ0v) is 18.4. The number of aliphatic imine (C=N–C) groups is 1. The molecule has 0 bridgehead atoms. The molecule has 1 aromatic rings. The molecule has 0 spiro atoms. The summed E-state index contributed by atoms with van der Waals surface area (Å²) in [6, 6.07) is 5.37. The van der Waals surface area contributed by atoms with Crippen LogP contribution in [0, 0.1) is 11.2 Å². The topological polar surface area (TPSA) is 69.1 Å². The van der Waals surface area contributed by atoms with Crippen molar-refractivity contribution in [1.29, 1.82) is 0 Å². The Balaban J connectivity index is 1.58. The van der Waals surface area contributed by atoms with Gasteiger partial charge in [0.05, 0.1) is 18.3 Å². The molecule has 1 heterocycles. The average molecular weight is 421 g/mol. The summed E-state index contributed by atoms with van der Waals surface area (Å²) in [6.45, 7) is 6.31. The summed E-state index contributed by atoms with van der Waals surface area (Å²) in [5.41, 5.74) is 1.77. The number of methoxy groups -OCH3 is 1. The fraction of sp³-hybridized carbons (Fsp3) is 0.696. The van der Waals surface area contributed by atoms with Crippen LogP contribution in [0.1, 0.15) is 51.0 Å². The van der Waals surface area contributed by atoms with Crippen LogP contribution in [0.15, 0.2) is 23.2 Å². The standard InChI is InChI=1S/C23H37FN4O2/c1-3-25-22(27-17-23(9-4-10-23)11-14-30-2)26-16-18-5-6-21(20(24)15-18)28-12-7-19(29)8-13-28/h5-6,15,19,29H,3-4,7-14,16-17H2,1-2H3,(H2,25,26,27). The third kappa shape index (κ3) is 6.08. The fourth-order valence-electron chi connectivity index (χ4n) is 4.31. The van der Waals surface area contributed by atoms with E-state index in [4.69, 9.17) is 4.74 Å². The van der Waals surface area contributed by atoms with Crippen molar-refractivity contribution in [3.63, 3.8) is 0 Å². The van der Waals surface area contributed by atoms with Crippen LogP contribution >= 0.6 is 0 Å². The first-order chi connectivity index (χ1) is 14.5. The molecule has 6 nitrogen and oxygen atoms in total. The Hall–Kier alpha value is -1.86. The highest BCUT2D eigenvalue weighted by Crippen LogP contribution is 2.43. The highest BCUT2D eigenvalue weighted by Gasteiger charge is 2.36. The number of hydrogen-bond donors (Lipinski definition) is 3. The molecule has 7 heteroatoms. The van der Waals surface area contributed by atoms with E-state index < -0.39 is 0 Å². The number of benzene rings is 1. The Morgan fingerprint density at radius 2 is 2.07 bits per heavy atom. The molecule has 1 saturated carbocycles. The predicted octanol–water partition coefficient (Wildman–Crippen LogP) is 3.05. The normalized spacial score (nSPS) is 19.5. The van der Waals surface area contributed by atoms with Crippen LogP contribution in [0.4, 0.5) is 10.1 Å². The first-order valence-corrected chi connectivity index (χ1v) is 11.3. The van der Waals surface area contributed by atoms with Crippen molar-refractivity contribution in [3.8, 4) is 0 Å². The number of guanidine groups is 1. The average Bonchev–Trinajstić information content (AvgIpc) is 2.72. The van der Waals surface area contributed by atoms with Gasteiger partial charge in [0.25, 0.3) is 0 Å². The third-order valence-corrected chi connectivity index (χ3v) is 6.46. The summed E-state index contributed by atoms with van der Waals surface area (Å²) in [5.74, 6) is 0.556. The molecular formula is C23H37FN4O2. The number of nitrogens with one attached hydrogen (secondary N) is 2. The van der Waals surface area contributed by atoms with E-state index in [9.17, 15) is 9.50 Å². The molecule has 0 aromatic heterocycles. The summed E-state index contributed by atoms with van der Waals surface area (Å²) in [5, 5.41) is 16.4. The summed E-state index contributed by atoms with van der Waals surface area (Å²) in [6.07, 6.45) is 5.91. The number of nitrogens with zero attached hydrogens (tertiary/aromatic N) is 2. The summed E-state index contributed by atoms with van der Waals surface area (Å²) < 4.78 is 20.0. The smallest absolute Gasteiger partial charge is 0.191 e. The molecule has 0 amide bonds. The van der Waals surface area contributed by atoms with E-state index in [-0.39, 0.29) is 11.9 Å². The zero-order chi connectivity index (χ0) is 21.4. The molecule has 2 fully saturated rings. The van der Waals surface area contributed by atoms with Gasteiger partial charge in [0, 0.05) is 39.9 Å². The van der Waals surface area contributed by atoms with Crippen LogP contribution in [0.5, 0.6) is 0 Å². The lowest BCUT2D eigenvalue weighted by Gasteiger charge is -2.42. The Kier molecular flexibility index (Phi) is 8.33. The number of rotatable bonds is 9. The molecule has 1 aromatic carbocycles. The largest absolute Gasteiger partial charge is 0.393 e. The van der Waals surface area contributed by atoms with Crippen molar-refractivity contribution in [3.05, 3.63) is 29.6 Å². The van der Waals surface area contributed by atoms with Gasteiger partial charge in [-0.05, 0) is 62.1 Å². The molecule has 30 heavy (non-hydrogen) atoms. The summed E-state index contributed by atoms with van der Waals surface area (Å²) in [7, 11) is 1.75. The van der Waals surface area contributed by atoms with E-state index in [1.807, 2.05) is 24.0 Å². The first kappa shape index (κ1) is 22.8. The number of piperidine rings is 1. The maximum absolute atomic E-state index is 14.7. The van der Waals surface area contributed by atoms with Crippen molar-refractivity contribution >= 4 is 11.6 Å². The molecule has 168 valence electrons. The van der Waals surface area contributed by atoms with Crippen molar-refractivity contribution in [2.75, 3.05) is 44.8 Å². The minimum absolute atomic E-state index is 0.218. The number of ether oxygens (including phenoxy) is 1. The van der Waals surface area contributed by atoms with Gasteiger partial charge in [-0.3, -0.25) is 0 Å². The van der Waals surface area contributed by atoms with Crippen LogP contribution in [-0.4, -0.2) is 57.1 Å². The van der Waals surface area contributed by atoms with Gasteiger partial charge in [-0.25, -0.2) is 9.38 Å². The molecule has 2 aliphatic rings. The van der Waals surface area contributed by atoms with Crippen LogP contribution in [0.2, 0.25) is 0 Å². The Morgan fingerprint density at radius 1 is 1.30 bits per heavy atom. The van der Waals surface area contributed by atoms with Gasteiger partial charge in [-0.15, -0.1) is 0 Å². The van der Waals surface area contributed by atoms with E-state index in [2.05, 4.69) is 15.6 Å². The highest BCUT2D eigenvalue weighted by atomic mass is 19.1. The number of aliphatic hydroxyl groups is 1. The lowest BCUT2D eigenvalue weighted by molar-refractivity contribution is 0.0732. The molecule has 0 radical (unpaired) electrons. The van der Waals surface area contributed by atoms with Crippen molar-refractivity contribution in [2.45, 2.75) is 58.1 Å². The Bertz CT molecular complexity index is 700. The van der Waals surface area contributed by atoms with Gasteiger partial charge in [0.1, 0.15) is 5.82 Å². The van der Waals surface area contributed by atoms with Gasteiger partial charge in [-0.1, -0.05) is 12.5 Å². The van der Waals surface area contributed by atoms with Crippen molar-refractivity contribution in [1.82, 2.24) is 10.6 Å². The first-order valence-electron chi connectivity index (χ1n) is 11.3. The van der Waals surface area contributed by atoms with E-state index in [1.54, 1.807) is 13.2 Å². The molecule has 3 rings (SSSR count).